The number of nitrogen functional groups attached to an aromatic ring is 1. The average molecular weight is 671 g/mol. The highest BCUT2D eigenvalue weighted by molar-refractivity contribution is 7.47. The molecule has 1 amide bonds. The molecule has 11 N–H and O–H groups in total. The number of amides is 1. The van der Waals surface area contributed by atoms with Crippen molar-refractivity contribution >= 4 is 25.5 Å². The van der Waals surface area contributed by atoms with Gasteiger partial charge >= 0.3 is 19.5 Å². The topological polar surface area (TPSA) is 323 Å². The van der Waals surface area contributed by atoms with Gasteiger partial charge in [0, 0.05) is 18.5 Å². The van der Waals surface area contributed by atoms with Crippen molar-refractivity contribution in [2.24, 2.45) is 5.92 Å². The minimum absolute atomic E-state index is 0.134. The Hall–Kier alpha value is -2.59. The van der Waals surface area contributed by atoms with Gasteiger partial charge in [-0.05, 0) is 12.5 Å². The maximum Gasteiger partial charge on any atom is 0.475 e. The van der Waals surface area contributed by atoms with Gasteiger partial charge in [-0.25, -0.2) is 18.7 Å². The van der Waals surface area contributed by atoms with Crippen LogP contribution in [0.15, 0.2) is 17.1 Å². The van der Waals surface area contributed by atoms with Gasteiger partial charge in [0.15, 0.2) is 6.23 Å². The number of aliphatic hydroxyl groups is 6. The van der Waals surface area contributed by atoms with Crippen LogP contribution in [0.5, 0.6) is 0 Å². The van der Waals surface area contributed by atoms with Crippen molar-refractivity contribution in [1.82, 2.24) is 14.9 Å². The number of carboxylic acids is 1. The van der Waals surface area contributed by atoms with Crippen molar-refractivity contribution in [3.63, 3.8) is 0 Å². The van der Waals surface area contributed by atoms with Gasteiger partial charge in [-0.15, -0.1) is 0 Å². The number of aromatic nitrogens is 2. The minimum atomic E-state index is -5.54. The van der Waals surface area contributed by atoms with E-state index in [1.165, 1.54) is 6.07 Å². The lowest BCUT2D eigenvalue weighted by Crippen LogP contribution is -2.68. The zero-order valence-corrected chi connectivity index (χ0v) is 25.1. The number of rotatable bonds is 14. The van der Waals surface area contributed by atoms with Gasteiger partial charge < -0.3 is 61.2 Å². The summed E-state index contributed by atoms with van der Waals surface area (Å²) in [4.78, 5) is 51.1. The summed E-state index contributed by atoms with van der Waals surface area (Å²) < 4.78 is 34.2. The molecule has 0 radical (unpaired) electrons. The Morgan fingerprint density at radius 3 is 2.53 bits per heavy atom. The summed E-state index contributed by atoms with van der Waals surface area (Å²) >= 11 is 0. The summed E-state index contributed by atoms with van der Waals surface area (Å²) in [6, 6.07) is -0.367. The van der Waals surface area contributed by atoms with E-state index in [1.807, 2.05) is 6.92 Å². The number of carbonyl (C=O) groups is 2. The molecular weight excluding hydrogens is 631 g/mol. The molecule has 12 atom stereocenters. The lowest BCUT2D eigenvalue weighted by atomic mass is 9.88. The van der Waals surface area contributed by atoms with Crippen molar-refractivity contribution in [2.45, 2.75) is 93.9 Å². The number of ether oxygens (including phenoxy) is 2. The zero-order chi connectivity index (χ0) is 33.9. The van der Waals surface area contributed by atoms with Gasteiger partial charge in [-0.3, -0.25) is 13.9 Å². The van der Waals surface area contributed by atoms with Crippen LogP contribution in [-0.2, 0) is 32.7 Å². The molecule has 2 fully saturated rings. The lowest BCUT2D eigenvalue weighted by molar-refractivity contribution is -0.289. The van der Waals surface area contributed by atoms with E-state index in [2.05, 4.69) is 10.3 Å². The first-order valence-electron chi connectivity index (χ1n) is 13.9. The molecule has 0 bridgehead atoms. The minimum Gasteiger partial charge on any atom is -0.477 e. The summed E-state index contributed by atoms with van der Waals surface area (Å²) in [5.41, 5.74) is 4.49. The van der Waals surface area contributed by atoms with E-state index in [0.717, 1.165) is 10.8 Å². The number of carboxylic acid groups (broad SMARTS) is 1. The number of anilines is 1. The summed E-state index contributed by atoms with van der Waals surface area (Å²) in [5, 5.41) is 74.1. The first-order valence-corrected chi connectivity index (χ1v) is 15.4. The van der Waals surface area contributed by atoms with Crippen LogP contribution < -0.4 is 16.7 Å². The molecule has 3 rings (SSSR count). The summed E-state index contributed by atoms with van der Waals surface area (Å²) in [5.74, 6) is -6.64. The summed E-state index contributed by atoms with van der Waals surface area (Å²) in [6.45, 7) is 1.33. The van der Waals surface area contributed by atoms with E-state index in [-0.39, 0.29) is 5.82 Å². The van der Waals surface area contributed by atoms with Crippen molar-refractivity contribution in [1.29, 1.82) is 0 Å². The highest BCUT2D eigenvalue weighted by Crippen LogP contribution is 2.51. The zero-order valence-electron chi connectivity index (χ0n) is 24.2. The number of hydrogen-bond donors (Lipinski definition) is 10. The molecule has 20 nitrogen and oxygen atoms in total. The molecule has 0 spiro atoms. The van der Waals surface area contributed by atoms with Crippen molar-refractivity contribution in [3.8, 4) is 0 Å². The fourth-order valence-electron chi connectivity index (χ4n) is 4.95. The van der Waals surface area contributed by atoms with Gasteiger partial charge in [0.1, 0.15) is 42.4 Å². The molecule has 3 heterocycles. The van der Waals surface area contributed by atoms with E-state index in [0.29, 0.717) is 12.8 Å². The predicted molar refractivity (Wildman–Crippen MR) is 147 cm³/mol. The SMILES string of the molecule is CCCC(C)C(=O)NC1C(O)CC(OP(=O)(O)OC[C@H]2O[C@@H](n3ccc(N)nc3=O)[C@H](O)[C@@H]2O)(C(=O)O)OC1C(O)C(O)CO. The van der Waals surface area contributed by atoms with Crippen LogP contribution in [0.25, 0.3) is 0 Å². The van der Waals surface area contributed by atoms with E-state index in [9.17, 15) is 59.6 Å². The molecule has 2 saturated heterocycles. The van der Waals surface area contributed by atoms with Crippen molar-refractivity contribution in [2.75, 3.05) is 18.9 Å². The van der Waals surface area contributed by atoms with Gasteiger partial charge in [0.05, 0.1) is 25.4 Å². The number of nitrogens with one attached hydrogen (secondary N) is 1. The number of carbonyl (C=O) groups excluding carboxylic acids is 1. The Balaban J connectivity index is 1.80. The molecule has 45 heavy (non-hydrogen) atoms. The molecule has 0 aliphatic carbocycles. The maximum atomic E-state index is 13.0. The molecule has 2 aliphatic rings. The summed E-state index contributed by atoms with van der Waals surface area (Å²) in [6.07, 6.45) is -13.6. The second-order valence-electron chi connectivity index (χ2n) is 10.8. The third kappa shape index (κ3) is 8.42. The Morgan fingerprint density at radius 1 is 1.29 bits per heavy atom. The van der Waals surface area contributed by atoms with E-state index < -0.39 is 112 Å². The number of aliphatic carboxylic acids is 1. The number of hydrogen-bond acceptors (Lipinski definition) is 16. The number of nitrogens with two attached hydrogens (primary N) is 1. The maximum absolute atomic E-state index is 13.0. The largest absolute Gasteiger partial charge is 0.477 e. The Labute approximate surface area is 255 Å². The van der Waals surface area contributed by atoms with Crippen LogP contribution in [0.1, 0.15) is 39.3 Å². The standard InChI is InChI=1S/C24H39N4O16P/c1-3-4-10(2)20(35)27-15-11(30)7-24(22(36)37,43-19(15)16(32)12(31)8-29)44-45(39,40)41-9-13-17(33)18(34)21(42-13)28-6-5-14(25)26-23(28)38/h5-6,10-13,15-19,21,29-34H,3-4,7-9H2,1-2H3,(H,27,35)(H,36,37)(H,39,40)(H2,25,26,38)/t10?,11?,12?,13-,15?,16?,17-,18-,19?,21-,24?/m1/s1. The van der Waals surface area contributed by atoms with Crippen LogP contribution in [0.4, 0.5) is 5.82 Å². The van der Waals surface area contributed by atoms with E-state index >= 15 is 0 Å². The Kier molecular flexibility index (Phi) is 12.2. The van der Waals surface area contributed by atoms with E-state index in [4.69, 9.17) is 24.3 Å². The van der Waals surface area contributed by atoms with E-state index in [1.54, 1.807) is 6.92 Å². The molecular formula is C24H39N4O16P. The molecule has 8 unspecified atom stereocenters. The molecule has 2 aliphatic heterocycles. The van der Waals surface area contributed by atoms with Gasteiger partial charge in [0.25, 0.3) is 5.79 Å². The highest BCUT2D eigenvalue weighted by atomic mass is 31.2. The van der Waals surface area contributed by atoms with Gasteiger partial charge in [-0.1, -0.05) is 20.3 Å². The highest BCUT2D eigenvalue weighted by Gasteiger charge is 2.59. The molecule has 1 aromatic heterocycles. The third-order valence-electron chi connectivity index (χ3n) is 7.42. The first-order chi connectivity index (χ1) is 21.0. The fraction of sp³-hybridized carbons (Fsp3) is 0.750. The summed E-state index contributed by atoms with van der Waals surface area (Å²) in [7, 11) is -5.54. The number of phosphoric ester groups is 1. The van der Waals surface area contributed by atoms with Crippen LogP contribution >= 0.6 is 7.82 Å². The smallest absolute Gasteiger partial charge is 0.475 e. The van der Waals surface area contributed by atoms with Gasteiger partial charge in [0.2, 0.25) is 5.91 Å². The average Bonchev–Trinajstić information content (AvgIpc) is 3.24. The monoisotopic (exact) mass is 670 g/mol. The quantitative estimate of drug-likeness (QED) is 0.0847. The van der Waals surface area contributed by atoms with Gasteiger partial charge in [-0.2, -0.15) is 4.98 Å². The molecule has 0 saturated carbocycles. The second kappa shape index (κ2) is 14.9. The van der Waals surface area contributed by atoms with Crippen molar-refractivity contribution < 1.29 is 73.3 Å². The van der Waals surface area contributed by atoms with Crippen LogP contribution in [-0.4, -0.2) is 130 Å². The Bertz CT molecular complexity index is 1300. The molecule has 21 heteroatoms. The molecule has 1 aromatic rings. The first kappa shape index (κ1) is 36.9. The fourth-order valence-corrected chi connectivity index (χ4v) is 5.91. The van der Waals surface area contributed by atoms with Crippen molar-refractivity contribution in [3.05, 3.63) is 22.7 Å². The number of nitrogens with zero attached hydrogens (tertiary/aromatic N) is 2. The molecule has 0 aromatic carbocycles. The number of aliphatic hydroxyl groups excluding tert-OH is 6. The third-order valence-corrected chi connectivity index (χ3v) is 8.42. The normalized spacial score (nSPS) is 33.6. The Morgan fingerprint density at radius 2 is 1.96 bits per heavy atom. The second-order valence-corrected chi connectivity index (χ2v) is 12.2. The van der Waals surface area contributed by atoms with Crippen LogP contribution in [0.3, 0.4) is 0 Å². The lowest BCUT2D eigenvalue weighted by Gasteiger charge is -2.46. The number of phosphoric acid groups is 1. The van der Waals surface area contributed by atoms with Crippen LogP contribution in [0, 0.1) is 5.92 Å². The van der Waals surface area contributed by atoms with Crippen LogP contribution in [0.2, 0.25) is 0 Å². The molecule has 256 valence electrons. The predicted octanol–water partition coefficient (Wildman–Crippen LogP) is -3.86.